The predicted octanol–water partition coefficient (Wildman–Crippen LogP) is 1.92. The van der Waals surface area contributed by atoms with Gasteiger partial charge in [-0.3, -0.25) is 4.79 Å². The number of thiocarbonyl (C=S) groups is 1. The van der Waals surface area contributed by atoms with Gasteiger partial charge in [-0.15, -0.1) is 0 Å². The first-order valence-corrected chi connectivity index (χ1v) is 10.2. The Hall–Kier alpha value is -1.11. The van der Waals surface area contributed by atoms with E-state index in [0.717, 1.165) is 29.6 Å². The summed E-state index contributed by atoms with van der Waals surface area (Å²) < 4.78 is 0.853. The number of hydrogen-bond donors (Lipinski definition) is 2. The molecule has 6 heteroatoms. The van der Waals surface area contributed by atoms with Crippen LogP contribution in [0.5, 0.6) is 0 Å². The van der Waals surface area contributed by atoms with Gasteiger partial charge in [0.2, 0.25) is 5.91 Å². The molecule has 24 heavy (non-hydrogen) atoms. The Labute approximate surface area is 154 Å². The van der Waals surface area contributed by atoms with Crippen LogP contribution in [0.4, 0.5) is 5.69 Å². The lowest BCUT2D eigenvalue weighted by atomic mass is 10.2. The highest BCUT2D eigenvalue weighted by Crippen LogP contribution is 2.17. The first kappa shape index (κ1) is 17.7. The number of nitrogens with zero attached hydrogens (tertiary/aromatic N) is 1. The number of carbonyl (C=O) groups excluding carboxylic acids is 1. The zero-order valence-electron chi connectivity index (χ0n) is 14.1. The number of thioether (sulfide) groups is 1. The van der Waals surface area contributed by atoms with Gasteiger partial charge < -0.3 is 15.1 Å². The molecule has 0 radical (unpaired) electrons. The Balaban J connectivity index is 1.41. The summed E-state index contributed by atoms with van der Waals surface area (Å²) in [6, 6.07) is 8.27. The topological polar surface area (TPSA) is 36.8 Å². The molecule has 0 atom stereocenters. The highest BCUT2D eigenvalue weighted by molar-refractivity contribution is 8.23. The van der Waals surface area contributed by atoms with Gasteiger partial charge in [0, 0.05) is 37.2 Å². The molecule has 0 aliphatic carbocycles. The number of amides is 1. The van der Waals surface area contributed by atoms with Gasteiger partial charge in [0.15, 0.2) is 0 Å². The number of benzene rings is 1. The molecule has 2 aliphatic heterocycles. The maximum absolute atomic E-state index is 12.1. The van der Waals surface area contributed by atoms with Crippen LogP contribution in [-0.2, 0) is 11.3 Å². The molecule has 0 aromatic heterocycles. The number of likely N-dealkylation sites (tertiary alicyclic amines) is 2. The minimum absolute atomic E-state index is 0.0134. The lowest BCUT2D eigenvalue weighted by Crippen LogP contribution is -3.08. The minimum Gasteiger partial charge on any atom is -0.358 e. The summed E-state index contributed by atoms with van der Waals surface area (Å²) in [5.74, 6) is 0.397. The van der Waals surface area contributed by atoms with Gasteiger partial charge in [-0.1, -0.05) is 36.1 Å². The Bertz CT molecular complexity index is 564. The first-order chi connectivity index (χ1) is 11.7. The molecule has 2 saturated heterocycles. The maximum Gasteiger partial charge on any atom is 0.234 e. The van der Waals surface area contributed by atoms with Crippen LogP contribution in [0.15, 0.2) is 24.3 Å². The van der Waals surface area contributed by atoms with E-state index in [0.29, 0.717) is 5.75 Å². The van der Waals surface area contributed by atoms with Crippen LogP contribution >= 0.6 is 24.0 Å². The number of anilines is 1. The van der Waals surface area contributed by atoms with Crippen LogP contribution in [0.2, 0.25) is 0 Å². The molecular weight excluding hydrogens is 338 g/mol. The van der Waals surface area contributed by atoms with Crippen molar-refractivity contribution in [1.29, 1.82) is 0 Å². The summed E-state index contributed by atoms with van der Waals surface area (Å²) in [4.78, 5) is 15.9. The van der Waals surface area contributed by atoms with Crippen LogP contribution in [0, 0.1) is 0 Å². The van der Waals surface area contributed by atoms with Crippen molar-refractivity contribution in [1.82, 2.24) is 4.90 Å². The molecule has 0 spiro atoms. The molecule has 2 fully saturated rings. The van der Waals surface area contributed by atoms with Gasteiger partial charge in [0.05, 0.1) is 18.8 Å². The highest BCUT2D eigenvalue weighted by atomic mass is 32.2. The molecular formula is C18H26N3OS2+. The van der Waals surface area contributed by atoms with Crippen LogP contribution in [-0.4, -0.2) is 47.1 Å². The van der Waals surface area contributed by atoms with Crippen molar-refractivity contribution >= 4 is 39.9 Å². The van der Waals surface area contributed by atoms with Crippen molar-refractivity contribution in [2.45, 2.75) is 32.2 Å². The summed E-state index contributed by atoms with van der Waals surface area (Å²) in [6.45, 7) is 5.73. The lowest BCUT2D eigenvalue weighted by Gasteiger charge is -2.17. The van der Waals surface area contributed by atoms with Crippen molar-refractivity contribution in [3.05, 3.63) is 29.8 Å². The fourth-order valence-electron chi connectivity index (χ4n) is 3.36. The van der Waals surface area contributed by atoms with Crippen LogP contribution in [0.3, 0.4) is 0 Å². The second-order valence-electron chi connectivity index (χ2n) is 6.63. The molecule has 4 nitrogen and oxygen atoms in total. The SMILES string of the molecule is O=C(CSC(=S)N1CCCC1)Nc1ccc(C[NH+]2CCCC2)cc1. The van der Waals surface area contributed by atoms with Gasteiger partial charge in [0.25, 0.3) is 0 Å². The van der Waals surface area contributed by atoms with Gasteiger partial charge in [-0.05, 0) is 25.0 Å². The predicted molar refractivity (Wildman–Crippen MR) is 105 cm³/mol. The molecule has 0 bridgehead atoms. The van der Waals surface area contributed by atoms with E-state index in [9.17, 15) is 4.79 Å². The second-order valence-corrected chi connectivity index (χ2v) is 8.24. The van der Waals surface area contributed by atoms with Crippen molar-refractivity contribution in [3.63, 3.8) is 0 Å². The molecule has 2 N–H and O–H groups in total. The Kier molecular flexibility index (Phi) is 6.51. The standard InChI is InChI=1S/C18H25N3OS2/c22-17(14-24-18(23)21-11-3-4-12-21)19-16-7-5-15(6-8-16)13-20-9-1-2-10-20/h5-8H,1-4,9-14H2,(H,19,22)/p+1. The van der Waals surface area contributed by atoms with Gasteiger partial charge >= 0.3 is 0 Å². The van der Waals surface area contributed by atoms with E-state index in [-0.39, 0.29) is 5.91 Å². The van der Waals surface area contributed by atoms with Crippen LogP contribution in [0.1, 0.15) is 31.2 Å². The minimum atomic E-state index is 0.0134. The third-order valence-electron chi connectivity index (χ3n) is 4.69. The van der Waals surface area contributed by atoms with Crippen molar-refractivity contribution in [2.24, 2.45) is 0 Å². The molecule has 2 aliphatic rings. The Morgan fingerprint density at radius 1 is 1.12 bits per heavy atom. The first-order valence-electron chi connectivity index (χ1n) is 8.85. The summed E-state index contributed by atoms with van der Waals surface area (Å²) in [6.07, 6.45) is 5.11. The van der Waals surface area contributed by atoms with Crippen LogP contribution < -0.4 is 10.2 Å². The fourth-order valence-corrected chi connectivity index (χ4v) is 4.41. The lowest BCUT2D eigenvalue weighted by molar-refractivity contribution is -0.901. The molecule has 2 heterocycles. The molecule has 1 amide bonds. The van der Waals surface area contributed by atoms with Gasteiger partial charge in [-0.25, -0.2) is 0 Å². The average molecular weight is 365 g/mol. The number of hydrogen-bond acceptors (Lipinski definition) is 3. The summed E-state index contributed by atoms with van der Waals surface area (Å²) in [7, 11) is 0. The van der Waals surface area contributed by atoms with E-state index in [1.807, 2.05) is 12.1 Å². The third kappa shape index (κ3) is 5.19. The molecule has 0 unspecified atom stereocenters. The van der Waals surface area contributed by atoms with E-state index in [4.69, 9.17) is 12.2 Å². The van der Waals surface area contributed by atoms with Crippen molar-refractivity contribution in [3.8, 4) is 0 Å². The van der Waals surface area contributed by atoms with Crippen molar-refractivity contribution in [2.75, 3.05) is 37.2 Å². The zero-order valence-corrected chi connectivity index (χ0v) is 15.7. The largest absolute Gasteiger partial charge is 0.358 e. The van der Waals surface area contributed by atoms with Gasteiger partial charge in [-0.2, -0.15) is 0 Å². The van der Waals surface area contributed by atoms with Crippen LogP contribution in [0.25, 0.3) is 0 Å². The molecule has 0 saturated carbocycles. The molecule has 130 valence electrons. The maximum atomic E-state index is 12.1. The van der Waals surface area contributed by atoms with E-state index < -0.39 is 0 Å². The van der Waals surface area contributed by atoms with E-state index in [1.54, 1.807) is 4.90 Å². The Morgan fingerprint density at radius 3 is 2.46 bits per heavy atom. The van der Waals surface area contributed by atoms with E-state index in [1.165, 1.54) is 56.1 Å². The Morgan fingerprint density at radius 2 is 1.79 bits per heavy atom. The summed E-state index contributed by atoms with van der Waals surface area (Å²) in [5, 5.41) is 2.96. The van der Waals surface area contributed by atoms with Gasteiger partial charge in [0.1, 0.15) is 10.9 Å². The zero-order chi connectivity index (χ0) is 16.8. The quantitative estimate of drug-likeness (QED) is 0.783. The van der Waals surface area contributed by atoms with E-state index in [2.05, 4.69) is 22.3 Å². The third-order valence-corrected chi connectivity index (χ3v) is 6.22. The normalized spacial score (nSPS) is 18.1. The fraction of sp³-hybridized carbons (Fsp3) is 0.556. The number of nitrogens with one attached hydrogen (secondary N) is 2. The number of carbonyl (C=O) groups is 1. The number of rotatable bonds is 5. The molecule has 3 rings (SSSR count). The summed E-state index contributed by atoms with van der Waals surface area (Å²) >= 11 is 6.86. The molecule has 1 aromatic rings. The van der Waals surface area contributed by atoms with E-state index >= 15 is 0 Å². The monoisotopic (exact) mass is 364 g/mol. The highest BCUT2D eigenvalue weighted by Gasteiger charge is 2.17. The van der Waals surface area contributed by atoms with Crippen molar-refractivity contribution < 1.29 is 9.69 Å². The second kappa shape index (κ2) is 8.83. The summed E-state index contributed by atoms with van der Waals surface area (Å²) in [5.41, 5.74) is 2.21. The number of quaternary nitrogens is 1. The smallest absolute Gasteiger partial charge is 0.234 e. The average Bonchev–Trinajstić information content (AvgIpc) is 3.28. The molecule has 1 aromatic carbocycles.